The van der Waals surface area contributed by atoms with E-state index in [0.717, 1.165) is 22.3 Å². The van der Waals surface area contributed by atoms with Gasteiger partial charge in [0.2, 0.25) is 0 Å². The van der Waals surface area contributed by atoms with E-state index in [1.807, 2.05) is 30.3 Å². The van der Waals surface area contributed by atoms with Crippen LogP contribution in [0.25, 0.3) is 33.4 Å². The van der Waals surface area contributed by atoms with Gasteiger partial charge in [0.05, 0.1) is 0 Å². The van der Waals surface area contributed by atoms with E-state index in [4.69, 9.17) is 0 Å². The first kappa shape index (κ1) is 26.8. The molecule has 3 aliphatic carbocycles. The second-order valence-corrected chi connectivity index (χ2v) is 13.8. The summed E-state index contributed by atoms with van der Waals surface area (Å²) in [6.07, 6.45) is 9.06. The molecule has 5 aromatic carbocycles. The number of carbonyl (C=O) groups excluding carboxylic acids is 1. The SMILES string of the molecule is CC1(C)c2ccccc2-c2ccc(-c3cccc(C(=O)c4cccc(-c5ccc6c(c5)C(C)(C)C5C=CC=CC65)c4)c3)cc21. The second kappa shape index (κ2) is 9.63. The van der Waals surface area contributed by atoms with Crippen LogP contribution >= 0.6 is 0 Å². The number of fused-ring (bicyclic) bond motifs is 6. The van der Waals surface area contributed by atoms with Crippen LogP contribution in [0.2, 0.25) is 0 Å². The Hall–Kier alpha value is -4.75. The quantitative estimate of drug-likeness (QED) is 0.197. The second-order valence-electron chi connectivity index (χ2n) is 13.8. The van der Waals surface area contributed by atoms with Gasteiger partial charge >= 0.3 is 0 Å². The molecular formula is C43H36O. The van der Waals surface area contributed by atoms with E-state index < -0.39 is 0 Å². The number of hydrogen-bond acceptors (Lipinski definition) is 1. The van der Waals surface area contributed by atoms with E-state index in [0.29, 0.717) is 23.0 Å². The molecule has 1 nitrogen and oxygen atoms in total. The molecule has 0 spiro atoms. The Morgan fingerprint density at radius 2 is 1.14 bits per heavy atom. The molecule has 0 radical (unpaired) electrons. The molecule has 0 bridgehead atoms. The Morgan fingerprint density at radius 1 is 0.545 bits per heavy atom. The Kier molecular flexibility index (Phi) is 5.87. The van der Waals surface area contributed by atoms with Crippen molar-refractivity contribution < 1.29 is 4.79 Å². The first-order valence-electron chi connectivity index (χ1n) is 15.7. The highest BCUT2D eigenvalue weighted by Crippen LogP contribution is 2.53. The first-order valence-corrected chi connectivity index (χ1v) is 15.7. The molecule has 0 fully saturated rings. The molecule has 0 amide bonds. The van der Waals surface area contributed by atoms with Crippen molar-refractivity contribution in [1.82, 2.24) is 0 Å². The van der Waals surface area contributed by atoms with Gasteiger partial charge in [-0.05, 0) is 85.2 Å². The average Bonchev–Trinajstić information content (AvgIpc) is 3.44. The monoisotopic (exact) mass is 568 g/mol. The summed E-state index contributed by atoms with van der Waals surface area (Å²) in [5, 5.41) is 0. The molecule has 2 unspecified atom stereocenters. The first-order chi connectivity index (χ1) is 21.2. The number of rotatable bonds is 4. The van der Waals surface area contributed by atoms with Crippen molar-refractivity contribution >= 4 is 5.78 Å². The van der Waals surface area contributed by atoms with Crippen molar-refractivity contribution in [1.29, 1.82) is 0 Å². The Morgan fingerprint density at radius 3 is 1.86 bits per heavy atom. The molecule has 0 aliphatic heterocycles. The van der Waals surface area contributed by atoms with Gasteiger partial charge in [0.1, 0.15) is 0 Å². The lowest BCUT2D eigenvalue weighted by molar-refractivity contribution is 0.103. The number of allylic oxidation sites excluding steroid dienone is 4. The van der Waals surface area contributed by atoms with Crippen molar-refractivity contribution in [2.24, 2.45) is 5.92 Å². The molecule has 0 saturated heterocycles. The maximum absolute atomic E-state index is 13.9. The zero-order valence-corrected chi connectivity index (χ0v) is 25.8. The van der Waals surface area contributed by atoms with Gasteiger partial charge in [0.15, 0.2) is 5.78 Å². The summed E-state index contributed by atoms with van der Waals surface area (Å²) in [5.74, 6) is 0.960. The van der Waals surface area contributed by atoms with E-state index in [-0.39, 0.29) is 16.6 Å². The number of benzene rings is 5. The third-order valence-corrected chi connectivity index (χ3v) is 10.6. The highest BCUT2D eigenvalue weighted by molar-refractivity contribution is 6.10. The third kappa shape index (κ3) is 3.95. The van der Waals surface area contributed by atoms with E-state index >= 15 is 0 Å². The van der Waals surface area contributed by atoms with Crippen LogP contribution in [0, 0.1) is 5.92 Å². The average molecular weight is 569 g/mol. The summed E-state index contributed by atoms with van der Waals surface area (Å²) in [4.78, 5) is 13.9. The largest absolute Gasteiger partial charge is 0.289 e. The van der Waals surface area contributed by atoms with Crippen LogP contribution in [0.3, 0.4) is 0 Å². The molecule has 8 rings (SSSR count). The summed E-state index contributed by atoms with van der Waals surface area (Å²) in [6.45, 7) is 9.32. The molecule has 44 heavy (non-hydrogen) atoms. The van der Waals surface area contributed by atoms with Gasteiger partial charge in [-0.15, -0.1) is 0 Å². The van der Waals surface area contributed by atoms with Crippen LogP contribution in [0.15, 0.2) is 133 Å². The maximum Gasteiger partial charge on any atom is 0.193 e. The molecule has 3 aliphatic rings. The van der Waals surface area contributed by atoms with Gasteiger partial charge in [0, 0.05) is 22.5 Å². The summed E-state index contributed by atoms with van der Waals surface area (Å²) < 4.78 is 0. The van der Waals surface area contributed by atoms with Crippen LogP contribution in [-0.2, 0) is 10.8 Å². The fourth-order valence-electron chi connectivity index (χ4n) is 8.09. The standard InChI is InChI=1S/C43H36O/c1-42(2)37-17-7-5-15-33(37)35-21-19-29(25-39(35)42)27-11-9-13-31(23-27)41(44)32-14-10-12-28(24-32)30-20-22-36-34-16-6-8-18-38(34)43(3,4)40(36)26-30/h5-26,33,37H,1-4H3. The Labute approximate surface area is 260 Å². The van der Waals surface area contributed by atoms with Gasteiger partial charge < -0.3 is 0 Å². The predicted molar refractivity (Wildman–Crippen MR) is 182 cm³/mol. The van der Waals surface area contributed by atoms with E-state index in [1.165, 1.54) is 33.4 Å². The highest BCUT2D eigenvalue weighted by Gasteiger charge is 2.44. The highest BCUT2D eigenvalue weighted by atomic mass is 16.1. The Bertz CT molecular complexity index is 2050. The van der Waals surface area contributed by atoms with Gasteiger partial charge in [0.25, 0.3) is 0 Å². The molecule has 214 valence electrons. The zero-order chi connectivity index (χ0) is 30.2. The third-order valence-electron chi connectivity index (χ3n) is 10.6. The fraction of sp³-hybridized carbons (Fsp3) is 0.186. The molecular weight excluding hydrogens is 532 g/mol. The van der Waals surface area contributed by atoms with Crippen molar-refractivity contribution in [3.8, 4) is 33.4 Å². The minimum absolute atomic E-state index is 0.0466. The van der Waals surface area contributed by atoms with Crippen LogP contribution in [-0.4, -0.2) is 5.78 Å². The molecule has 0 saturated carbocycles. The molecule has 2 atom stereocenters. The summed E-state index contributed by atoms with van der Waals surface area (Å²) in [6, 6.07) is 38.6. The van der Waals surface area contributed by atoms with Crippen molar-refractivity contribution in [3.05, 3.63) is 167 Å². The molecule has 5 aromatic rings. The van der Waals surface area contributed by atoms with Crippen LogP contribution in [0.5, 0.6) is 0 Å². The lowest BCUT2D eigenvalue weighted by Crippen LogP contribution is -2.24. The lowest BCUT2D eigenvalue weighted by Gasteiger charge is -2.29. The van der Waals surface area contributed by atoms with Crippen molar-refractivity contribution in [2.45, 2.75) is 44.4 Å². The van der Waals surface area contributed by atoms with Gasteiger partial charge in [-0.1, -0.05) is 143 Å². The normalized spacial score (nSPS) is 19.6. The predicted octanol–water partition coefficient (Wildman–Crippen LogP) is 10.7. The van der Waals surface area contributed by atoms with Gasteiger partial charge in [-0.25, -0.2) is 0 Å². The topological polar surface area (TPSA) is 17.1 Å². The Balaban J connectivity index is 1.11. The number of carbonyl (C=O) groups is 1. The van der Waals surface area contributed by atoms with Gasteiger partial charge in [-0.2, -0.15) is 0 Å². The van der Waals surface area contributed by atoms with Crippen LogP contribution in [0.1, 0.15) is 71.8 Å². The van der Waals surface area contributed by atoms with E-state index in [1.54, 1.807) is 0 Å². The minimum Gasteiger partial charge on any atom is -0.289 e. The van der Waals surface area contributed by atoms with E-state index in [2.05, 4.69) is 131 Å². The van der Waals surface area contributed by atoms with E-state index in [9.17, 15) is 4.79 Å². The smallest absolute Gasteiger partial charge is 0.193 e. The van der Waals surface area contributed by atoms with Crippen molar-refractivity contribution in [2.75, 3.05) is 0 Å². The maximum atomic E-state index is 13.9. The van der Waals surface area contributed by atoms with Crippen molar-refractivity contribution in [3.63, 3.8) is 0 Å². The summed E-state index contributed by atoms with van der Waals surface area (Å²) >= 11 is 0. The molecule has 0 N–H and O–H groups in total. The minimum atomic E-state index is -0.0615. The summed E-state index contributed by atoms with van der Waals surface area (Å²) in [5.41, 5.74) is 14.0. The lowest BCUT2D eigenvalue weighted by atomic mass is 9.74. The zero-order valence-electron chi connectivity index (χ0n) is 25.8. The fourth-order valence-corrected chi connectivity index (χ4v) is 8.09. The molecule has 1 heteroatoms. The number of ketones is 1. The van der Waals surface area contributed by atoms with Gasteiger partial charge in [-0.3, -0.25) is 4.79 Å². The van der Waals surface area contributed by atoms with Crippen LogP contribution in [0.4, 0.5) is 0 Å². The molecule has 0 aromatic heterocycles. The van der Waals surface area contributed by atoms with Crippen LogP contribution < -0.4 is 0 Å². The summed E-state index contributed by atoms with van der Waals surface area (Å²) in [7, 11) is 0. The molecule has 0 heterocycles. The number of hydrogen-bond donors (Lipinski definition) is 0.